The molecule has 2 aromatic rings. The number of nitrogens with one attached hydrogen (secondary N) is 2. The molecule has 1 aromatic carbocycles. The van der Waals surface area contributed by atoms with Crippen molar-refractivity contribution >= 4 is 23.5 Å². The summed E-state index contributed by atoms with van der Waals surface area (Å²) in [6, 6.07) is 2.47. The van der Waals surface area contributed by atoms with E-state index in [4.69, 9.17) is 41.4 Å². The predicted molar refractivity (Wildman–Crippen MR) is 119 cm³/mol. The molecule has 0 aliphatic rings. The Hall–Kier alpha value is -2.95. The lowest BCUT2D eigenvalue weighted by Crippen LogP contribution is -2.33. The van der Waals surface area contributed by atoms with Gasteiger partial charge in [-0.25, -0.2) is 4.79 Å². The first kappa shape index (κ1) is 25.3. The number of hydrogen-bond donors (Lipinski definition) is 4. The number of carbonyl (C=O) groups is 2. The van der Waals surface area contributed by atoms with Crippen molar-refractivity contribution in [2.24, 2.45) is 5.73 Å². The third-order valence-electron chi connectivity index (χ3n) is 4.72. The maximum absolute atomic E-state index is 12.4. The Morgan fingerprint density at radius 2 is 1.88 bits per heavy atom. The highest BCUT2D eigenvalue weighted by molar-refractivity contribution is 6.36. The van der Waals surface area contributed by atoms with Gasteiger partial charge in [0.1, 0.15) is 11.7 Å². The summed E-state index contributed by atoms with van der Waals surface area (Å²) in [5.74, 6) is -0.466. The van der Waals surface area contributed by atoms with Crippen LogP contribution in [0.15, 0.2) is 12.1 Å². The van der Waals surface area contributed by atoms with Gasteiger partial charge in [-0.1, -0.05) is 11.6 Å². The number of esters is 1. The van der Waals surface area contributed by atoms with Crippen LogP contribution >= 0.6 is 11.6 Å². The number of H-pyrrole nitrogens is 1. The first-order valence-electron chi connectivity index (χ1n) is 9.86. The van der Waals surface area contributed by atoms with Crippen molar-refractivity contribution in [3.05, 3.63) is 28.5 Å². The van der Waals surface area contributed by atoms with Crippen LogP contribution in [0, 0.1) is 0 Å². The number of carbonyl (C=O) groups excluding carboxylic acids is 1. The number of rotatable bonds is 12. The topological polar surface area (TPSA) is 145 Å². The first-order chi connectivity index (χ1) is 15.3. The van der Waals surface area contributed by atoms with Crippen molar-refractivity contribution in [1.29, 1.82) is 0 Å². The molecule has 1 heterocycles. The minimum absolute atomic E-state index is 0.0967. The third kappa shape index (κ3) is 5.45. The van der Waals surface area contributed by atoms with Gasteiger partial charge in [0.05, 0.1) is 33.0 Å². The van der Waals surface area contributed by atoms with E-state index in [9.17, 15) is 9.59 Å². The fourth-order valence-corrected chi connectivity index (χ4v) is 3.52. The third-order valence-corrected chi connectivity index (χ3v) is 5.10. The van der Waals surface area contributed by atoms with Crippen LogP contribution in [0.3, 0.4) is 0 Å². The largest absolute Gasteiger partial charge is 0.493 e. The number of halogens is 1. The molecule has 32 heavy (non-hydrogen) atoms. The highest BCUT2D eigenvalue weighted by Crippen LogP contribution is 2.47. The maximum Gasteiger partial charge on any atom is 0.356 e. The van der Waals surface area contributed by atoms with E-state index < -0.39 is 18.0 Å². The number of aromatic nitrogens is 1. The Kier molecular flexibility index (Phi) is 9.18. The standard InChI is InChI=1S/C21H28ClN3O7/c1-5-32-21(28)17-16(22)15(13(25-17)10-24-9-8-12(23)20(26)27)11-6-7-14(29-2)19(31-4)18(11)30-3/h6-7,12,24-25H,5,8-10,23H2,1-4H3,(H,26,27). The molecule has 0 radical (unpaired) electrons. The number of nitrogens with two attached hydrogens (primary N) is 1. The summed E-state index contributed by atoms with van der Waals surface area (Å²) < 4.78 is 21.5. The zero-order chi connectivity index (χ0) is 23.8. The first-order valence-corrected chi connectivity index (χ1v) is 10.2. The van der Waals surface area contributed by atoms with Gasteiger partial charge in [-0.05, 0) is 32.0 Å². The molecule has 0 fully saturated rings. The molecule has 11 heteroatoms. The molecule has 0 bridgehead atoms. The minimum Gasteiger partial charge on any atom is -0.493 e. The van der Waals surface area contributed by atoms with Crippen LogP contribution in [0.25, 0.3) is 11.1 Å². The highest BCUT2D eigenvalue weighted by atomic mass is 35.5. The average Bonchev–Trinajstić information content (AvgIpc) is 3.11. The molecule has 1 unspecified atom stereocenters. The Bertz CT molecular complexity index is 961. The fraction of sp³-hybridized carbons (Fsp3) is 0.429. The molecule has 1 aromatic heterocycles. The number of hydrogen-bond acceptors (Lipinski definition) is 8. The summed E-state index contributed by atoms with van der Waals surface area (Å²) in [6.45, 7) is 2.46. The number of carboxylic acid groups (broad SMARTS) is 1. The number of aromatic amines is 1. The molecular formula is C21H28ClN3O7. The Morgan fingerprint density at radius 1 is 1.19 bits per heavy atom. The van der Waals surface area contributed by atoms with Gasteiger partial charge in [-0.15, -0.1) is 0 Å². The molecule has 0 aliphatic heterocycles. The minimum atomic E-state index is -1.07. The lowest BCUT2D eigenvalue weighted by Gasteiger charge is -2.17. The molecule has 0 saturated carbocycles. The highest BCUT2D eigenvalue weighted by Gasteiger charge is 2.27. The van der Waals surface area contributed by atoms with Crippen LogP contribution < -0.4 is 25.3 Å². The van der Waals surface area contributed by atoms with Crippen LogP contribution in [0.5, 0.6) is 17.2 Å². The van der Waals surface area contributed by atoms with Gasteiger partial charge >= 0.3 is 11.9 Å². The predicted octanol–water partition coefficient (Wildman–Crippen LogP) is 2.43. The van der Waals surface area contributed by atoms with E-state index in [0.29, 0.717) is 40.6 Å². The van der Waals surface area contributed by atoms with Gasteiger partial charge in [0.2, 0.25) is 5.75 Å². The van der Waals surface area contributed by atoms with E-state index >= 15 is 0 Å². The maximum atomic E-state index is 12.4. The molecule has 2 rings (SSSR count). The Morgan fingerprint density at radius 3 is 2.44 bits per heavy atom. The second-order valence-corrected chi connectivity index (χ2v) is 7.06. The summed E-state index contributed by atoms with van der Waals surface area (Å²) in [5, 5.41) is 12.2. The van der Waals surface area contributed by atoms with Crippen molar-refractivity contribution in [3.8, 4) is 28.4 Å². The van der Waals surface area contributed by atoms with Crippen molar-refractivity contribution in [2.45, 2.75) is 25.9 Å². The van der Waals surface area contributed by atoms with E-state index in [-0.39, 0.29) is 30.3 Å². The fourth-order valence-electron chi connectivity index (χ4n) is 3.18. The molecule has 1 atom stereocenters. The van der Waals surface area contributed by atoms with E-state index in [1.54, 1.807) is 19.1 Å². The van der Waals surface area contributed by atoms with Crippen molar-refractivity contribution in [2.75, 3.05) is 34.5 Å². The van der Waals surface area contributed by atoms with Crippen LogP contribution in [0.4, 0.5) is 0 Å². The number of aliphatic carboxylic acids is 1. The van der Waals surface area contributed by atoms with Crippen LogP contribution in [-0.4, -0.2) is 62.6 Å². The molecular weight excluding hydrogens is 442 g/mol. The zero-order valence-corrected chi connectivity index (χ0v) is 19.2. The summed E-state index contributed by atoms with van der Waals surface area (Å²) in [6.07, 6.45) is 0.226. The summed E-state index contributed by atoms with van der Waals surface area (Å²) >= 11 is 6.61. The summed E-state index contributed by atoms with van der Waals surface area (Å²) in [5.41, 5.74) is 7.30. The molecule has 0 spiro atoms. The van der Waals surface area contributed by atoms with Gasteiger partial charge in [0, 0.05) is 23.4 Å². The Labute approximate surface area is 190 Å². The normalized spacial score (nSPS) is 11.7. The second kappa shape index (κ2) is 11.6. The van der Waals surface area contributed by atoms with Gasteiger partial charge in [0.15, 0.2) is 11.5 Å². The lowest BCUT2D eigenvalue weighted by molar-refractivity contribution is -0.138. The average molecular weight is 470 g/mol. The van der Waals surface area contributed by atoms with Gasteiger partial charge < -0.3 is 40.1 Å². The van der Waals surface area contributed by atoms with E-state index in [1.165, 1.54) is 21.3 Å². The number of methoxy groups -OCH3 is 3. The summed E-state index contributed by atoms with van der Waals surface area (Å²) in [7, 11) is 4.48. The molecule has 0 saturated heterocycles. The van der Waals surface area contributed by atoms with Crippen LogP contribution in [0.1, 0.15) is 29.5 Å². The monoisotopic (exact) mass is 469 g/mol. The SMILES string of the molecule is CCOC(=O)c1[nH]c(CNCCC(N)C(=O)O)c(-c2ccc(OC)c(OC)c2OC)c1Cl. The molecule has 5 N–H and O–H groups in total. The van der Waals surface area contributed by atoms with Crippen LogP contribution in [0.2, 0.25) is 5.02 Å². The second-order valence-electron chi connectivity index (χ2n) is 6.68. The van der Waals surface area contributed by atoms with E-state index in [2.05, 4.69) is 10.3 Å². The smallest absolute Gasteiger partial charge is 0.356 e. The molecule has 10 nitrogen and oxygen atoms in total. The van der Waals surface area contributed by atoms with Gasteiger partial charge in [-0.2, -0.15) is 0 Å². The zero-order valence-electron chi connectivity index (χ0n) is 18.4. The number of carboxylic acids is 1. The lowest BCUT2D eigenvalue weighted by atomic mass is 10.0. The Balaban J connectivity index is 2.51. The van der Waals surface area contributed by atoms with Crippen molar-refractivity contribution < 1.29 is 33.6 Å². The quantitative estimate of drug-likeness (QED) is 0.272. The van der Waals surface area contributed by atoms with Crippen LogP contribution in [-0.2, 0) is 16.1 Å². The molecule has 0 amide bonds. The van der Waals surface area contributed by atoms with E-state index in [0.717, 1.165) is 0 Å². The number of ether oxygens (including phenoxy) is 4. The molecule has 176 valence electrons. The van der Waals surface area contributed by atoms with E-state index in [1.807, 2.05) is 0 Å². The summed E-state index contributed by atoms with van der Waals surface area (Å²) in [4.78, 5) is 26.3. The van der Waals surface area contributed by atoms with Gasteiger partial charge in [-0.3, -0.25) is 4.79 Å². The van der Waals surface area contributed by atoms with Gasteiger partial charge in [0.25, 0.3) is 0 Å². The van der Waals surface area contributed by atoms with Crippen molar-refractivity contribution in [1.82, 2.24) is 10.3 Å². The van der Waals surface area contributed by atoms with Crippen molar-refractivity contribution in [3.63, 3.8) is 0 Å². The number of benzene rings is 1. The molecule has 0 aliphatic carbocycles.